The third kappa shape index (κ3) is 2.62. The SMILES string of the molecule is COc1cc(C(O)C(C)N)c(C)cc1Cl. The van der Waals surface area contributed by atoms with Crippen molar-refractivity contribution in [2.24, 2.45) is 5.73 Å². The fourth-order valence-electron chi connectivity index (χ4n) is 1.43. The van der Waals surface area contributed by atoms with Crippen LogP contribution in [0, 0.1) is 6.92 Å². The molecular formula is C11H16ClNO2. The van der Waals surface area contributed by atoms with Crippen LogP contribution in [0.1, 0.15) is 24.2 Å². The van der Waals surface area contributed by atoms with Crippen molar-refractivity contribution in [3.8, 4) is 5.75 Å². The quantitative estimate of drug-likeness (QED) is 0.834. The summed E-state index contributed by atoms with van der Waals surface area (Å²) < 4.78 is 5.09. The van der Waals surface area contributed by atoms with Crippen molar-refractivity contribution < 1.29 is 9.84 Å². The van der Waals surface area contributed by atoms with Crippen LogP contribution in [-0.4, -0.2) is 18.3 Å². The van der Waals surface area contributed by atoms with Gasteiger partial charge in [-0.05, 0) is 37.1 Å². The first-order chi connectivity index (χ1) is 6.97. The zero-order valence-electron chi connectivity index (χ0n) is 9.12. The second kappa shape index (κ2) is 4.84. The van der Waals surface area contributed by atoms with E-state index < -0.39 is 6.10 Å². The van der Waals surface area contributed by atoms with Gasteiger partial charge in [0.15, 0.2) is 0 Å². The summed E-state index contributed by atoms with van der Waals surface area (Å²) >= 11 is 5.95. The summed E-state index contributed by atoms with van der Waals surface area (Å²) in [4.78, 5) is 0. The smallest absolute Gasteiger partial charge is 0.137 e. The lowest BCUT2D eigenvalue weighted by Crippen LogP contribution is -2.25. The highest BCUT2D eigenvalue weighted by atomic mass is 35.5. The molecule has 0 fully saturated rings. The third-order valence-corrected chi connectivity index (χ3v) is 2.65. The third-order valence-electron chi connectivity index (χ3n) is 2.36. The zero-order valence-corrected chi connectivity index (χ0v) is 9.88. The molecule has 0 saturated carbocycles. The van der Waals surface area contributed by atoms with Crippen LogP contribution in [0.25, 0.3) is 0 Å². The van der Waals surface area contributed by atoms with Gasteiger partial charge in [-0.1, -0.05) is 11.6 Å². The number of aryl methyl sites for hydroxylation is 1. The molecule has 0 spiro atoms. The van der Waals surface area contributed by atoms with Crippen molar-refractivity contribution in [3.05, 3.63) is 28.3 Å². The van der Waals surface area contributed by atoms with Gasteiger partial charge < -0.3 is 15.6 Å². The van der Waals surface area contributed by atoms with E-state index in [9.17, 15) is 5.11 Å². The number of aliphatic hydroxyl groups excluding tert-OH is 1. The molecule has 3 nitrogen and oxygen atoms in total. The molecule has 0 saturated heterocycles. The molecule has 0 aliphatic carbocycles. The van der Waals surface area contributed by atoms with Gasteiger partial charge in [-0.25, -0.2) is 0 Å². The van der Waals surface area contributed by atoms with Crippen molar-refractivity contribution in [3.63, 3.8) is 0 Å². The van der Waals surface area contributed by atoms with E-state index in [0.29, 0.717) is 10.8 Å². The zero-order chi connectivity index (χ0) is 11.6. The van der Waals surface area contributed by atoms with Gasteiger partial charge >= 0.3 is 0 Å². The summed E-state index contributed by atoms with van der Waals surface area (Å²) in [6, 6.07) is 3.17. The number of benzene rings is 1. The van der Waals surface area contributed by atoms with Crippen molar-refractivity contribution >= 4 is 11.6 Å². The average Bonchev–Trinajstić information content (AvgIpc) is 2.17. The minimum absolute atomic E-state index is 0.324. The van der Waals surface area contributed by atoms with E-state index in [4.69, 9.17) is 22.1 Å². The molecule has 0 aliphatic rings. The molecule has 0 amide bonds. The van der Waals surface area contributed by atoms with Gasteiger partial charge in [0.25, 0.3) is 0 Å². The van der Waals surface area contributed by atoms with Crippen LogP contribution >= 0.6 is 11.6 Å². The minimum Gasteiger partial charge on any atom is -0.495 e. The Labute approximate surface area is 94.8 Å². The fraction of sp³-hybridized carbons (Fsp3) is 0.455. The first-order valence-electron chi connectivity index (χ1n) is 4.75. The molecule has 2 atom stereocenters. The average molecular weight is 230 g/mol. The van der Waals surface area contributed by atoms with E-state index in [1.54, 1.807) is 26.2 Å². The lowest BCUT2D eigenvalue weighted by atomic mass is 9.99. The number of ether oxygens (including phenoxy) is 1. The van der Waals surface area contributed by atoms with E-state index in [2.05, 4.69) is 0 Å². The first-order valence-corrected chi connectivity index (χ1v) is 5.12. The molecule has 4 heteroatoms. The van der Waals surface area contributed by atoms with Crippen LogP contribution in [0.15, 0.2) is 12.1 Å². The summed E-state index contributed by atoms with van der Waals surface area (Å²) in [6.45, 7) is 3.64. The molecule has 0 bridgehead atoms. The molecular weight excluding hydrogens is 214 g/mol. The van der Waals surface area contributed by atoms with Gasteiger partial charge in [0.05, 0.1) is 18.2 Å². The number of rotatable bonds is 3. The van der Waals surface area contributed by atoms with Gasteiger partial charge in [0.2, 0.25) is 0 Å². The Balaban J connectivity index is 3.18. The molecule has 0 radical (unpaired) electrons. The Hall–Kier alpha value is -0.770. The molecule has 3 N–H and O–H groups in total. The minimum atomic E-state index is -0.698. The Morgan fingerprint density at radius 1 is 1.47 bits per heavy atom. The van der Waals surface area contributed by atoms with Gasteiger partial charge in [-0.15, -0.1) is 0 Å². The largest absolute Gasteiger partial charge is 0.495 e. The maximum Gasteiger partial charge on any atom is 0.137 e. The van der Waals surface area contributed by atoms with Gasteiger partial charge in [0, 0.05) is 6.04 Å². The molecule has 0 heterocycles. The van der Waals surface area contributed by atoms with Crippen LogP contribution in [-0.2, 0) is 0 Å². The molecule has 2 unspecified atom stereocenters. The number of halogens is 1. The number of hydrogen-bond acceptors (Lipinski definition) is 3. The molecule has 0 aromatic heterocycles. The van der Waals surface area contributed by atoms with Crippen molar-refractivity contribution in [1.29, 1.82) is 0 Å². The molecule has 1 rings (SSSR count). The first kappa shape index (κ1) is 12.3. The number of nitrogens with two attached hydrogens (primary N) is 1. The molecule has 1 aromatic rings. The van der Waals surface area contributed by atoms with Crippen LogP contribution in [0.3, 0.4) is 0 Å². The van der Waals surface area contributed by atoms with Crippen LogP contribution in [0.5, 0.6) is 5.75 Å². The second-order valence-corrected chi connectivity index (χ2v) is 4.05. The maximum absolute atomic E-state index is 9.87. The van der Waals surface area contributed by atoms with E-state index in [-0.39, 0.29) is 6.04 Å². The van der Waals surface area contributed by atoms with Gasteiger partial charge in [-0.3, -0.25) is 0 Å². The summed E-state index contributed by atoms with van der Waals surface area (Å²) in [5, 5.41) is 10.4. The van der Waals surface area contributed by atoms with Crippen LogP contribution in [0.2, 0.25) is 5.02 Å². The standard InChI is InChI=1S/C11H16ClNO2/c1-6-4-9(12)10(15-3)5-8(6)11(14)7(2)13/h4-5,7,11,14H,13H2,1-3H3. The normalized spacial score (nSPS) is 14.8. The van der Waals surface area contributed by atoms with E-state index >= 15 is 0 Å². The van der Waals surface area contributed by atoms with E-state index in [1.165, 1.54) is 0 Å². The van der Waals surface area contributed by atoms with E-state index in [0.717, 1.165) is 11.1 Å². The molecule has 15 heavy (non-hydrogen) atoms. The highest BCUT2D eigenvalue weighted by molar-refractivity contribution is 6.32. The van der Waals surface area contributed by atoms with Crippen molar-refractivity contribution in [2.45, 2.75) is 26.0 Å². The number of hydrogen-bond donors (Lipinski definition) is 2. The molecule has 0 aliphatic heterocycles. The molecule has 84 valence electrons. The highest BCUT2D eigenvalue weighted by Crippen LogP contribution is 2.31. The van der Waals surface area contributed by atoms with Crippen LogP contribution in [0.4, 0.5) is 0 Å². The van der Waals surface area contributed by atoms with Crippen molar-refractivity contribution in [2.75, 3.05) is 7.11 Å². The Bertz CT molecular complexity index is 353. The predicted molar refractivity (Wildman–Crippen MR) is 61.4 cm³/mol. The second-order valence-electron chi connectivity index (χ2n) is 3.65. The fourth-order valence-corrected chi connectivity index (χ4v) is 1.72. The lowest BCUT2D eigenvalue weighted by molar-refractivity contribution is 0.152. The van der Waals surface area contributed by atoms with Gasteiger partial charge in [0.1, 0.15) is 5.75 Å². The van der Waals surface area contributed by atoms with Crippen LogP contribution < -0.4 is 10.5 Å². The van der Waals surface area contributed by atoms with Gasteiger partial charge in [-0.2, -0.15) is 0 Å². The Kier molecular flexibility index (Phi) is 3.97. The van der Waals surface area contributed by atoms with Crippen molar-refractivity contribution in [1.82, 2.24) is 0 Å². The molecule has 1 aromatic carbocycles. The summed E-state index contributed by atoms with van der Waals surface area (Å²) in [5.74, 6) is 0.553. The summed E-state index contributed by atoms with van der Waals surface area (Å²) in [6.07, 6.45) is -0.698. The number of methoxy groups -OCH3 is 1. The topological polar surface area (TPSA) is 55.5 Å². The Morgan fingerprint density at radius 2 is 2.07 bits per heavy atom. The summed E-state index contributed by atoms with van der Waals surface area (Å²) in [7, 11) is 1.54. The summed E-state index contributed by atoms with van der Waals surface area (Å²) in [5.41, 5.74) is 7.31. The monoisotopic (exact) mass is 229 g/mol. The maximum atomic E-state index is 9.87. The predicted octanol–water partition coefficient (Wildman–Crippen LogP) is 2.04. The Morgan fingerprint density at radius 3 is 2.53 bits per heavy atom. The number of aliphatic hydroxyl groups is 1. The lowest BCUT2D eigenvalue weighted by Gasteiger charge is -2.18. The highest BCUT2D eigenvalue weighted by Gasteiger charge is 2.17. The van der Waals surface area contributed by atoms with E-state index in [1.807, 2.05) is 6.92 Å².